The van der Waals surface area contributed by atoms with Gasteiger partial charge in [-0.2, -0.15) is 0 Å². The number of hydrogen-bond donors (Lipinski definition) is 1. The highest BCUT2D eigenvalue weighted by Gasteiger charge is 1.85. The maximum absolute atomic E-state index is 9.81. The molecule has 0 saturated carbocycles. The minimum absolute atomic E-state index is 0.240. The molecule has 78 valence electrons. The molecular formula is C12H18O2. The van der Waals surface area contributed by atoms with Gasteiger partial charge in [0, 0.05) is 13.0 Å². The average Bonchev–Trinajstić information content (AvgIpc) is 2.21. The summed E-state index contributed by atoms with van der Waals surface area (Å²) in [6, 6.07) is 9.95. The summed E-state index contributed by atoms with van der Waals surface area (Å²) in [5, 5.41) is 8.52. The Kier molecular flexibility index (Phi) is 7.75. The van der Waals surface area contributed by atoms with Crippen molar-refractivity contribution in [2.75, 3.05) is 6.61 Å². The van der Waals surface area contributed by atoms with Crippen molar-refractivity contribution in [3.05, 3.63) is 35.9 Å². The topological polar surface area (TPSA) is 37.3 Å². The minimum atomic E-state index is 0.240. The van der Waals surface area contributed by atoms with Crippen LogP contribution < -0.4 is 0 Å². The Hall–Kier alpha value is -1.15. The molecule has 0 aliphatic rings. The third kappa shape index (κ3) is 7.50. The normalized spacial score (nSPS) is 8.79. The summed E-state index contributed by atoms with van der Waals surface area (Å²) >= 11 is 0. The van der Waals surface area contributed by atoms with Crippen LogP contribution in [0.5, 0.6) is 0 Å². The number of Topliss-reactive ketones (excluding diaryl/α,β-unsaturated/α-hetero) is 1. The zero-order valence-electron chi connectivity index (χ0n) is 8.86. The van der Waals surface area contributed by atoms with Crippen LogP contribution in [-0.2, 0) is 11.2 Å². The third-order valence-corrected chi connectivity index (χ3v) is 1.74. The molecule has 0 amide bonds. The van der Waals surface area contributed by atoms with Gasteiger partial charge in [-0.3, -0.25) is 0 Å². The lowest BCUT2D eigenvalue weighted by Gasteiger charge is -1.93. The number of aliphatic hydroxyl groups excluding tert-OH is 1. The lowest BCUT2D eigenvalue weighted by Crippen LogP contribution is -1.88. The highest BCUT2D eigenvalue weighted by atomic mass is 16.2. The van der Waals surface area contributed by atoms with E-state index in [4.69, 9.17) is 5.11 Å². The molecule has 0 spiro atoms. The summed E-state index contributed by atoms with van der Waals surface area (Å²) in [6.07, 6.45) is 1.43. The Bertz CT molecular complexity index is 242. The summed E-state index contributed by atoms with van der Waals surface area (Å²) in [5.41, 5.74) is 1.19. The maximum Gasteiger partial charge on any atom is 0.129 e. The second-order valence-electron chi connectivity index (χ2n) is 3.01. The van der Waals surface area contributed by atoms with Crippen molar-refractivity contribution in [1.82, 2.24) is 0 Å². The van der Waals surface area contributed by atoms with E-state index in [1.54, 1.807) is 6.92 Å². The molecular weight excluding hydrogens is 176 g/mol. The van der Waals surface area contributed by atoms with Gasteiger partial charge in [0.2, 0.25) is 0 Å². The van der Waals surface area contributed by atoms with Crippen molar-refractivity contribution < 1.29 is 9.90 Å². The third-order valence-electron chi connectivity index (χ3n) is 1.74. The second kappa shape index (κ2) is 8.45. The van der Waals surface area contributed by atoms with Crippen molar-refractivity contribution in [2.45, 2.75) is 26.7 Å². The molecule has 1 aromatic carbocycles. The Morgan fingerprint density at radius 3 is 2.14 bits per heavy atom. The molecule has 2 nitrogen and oxygen atoms in total. The Labute approximate surface area is 85.6 Å². The quantitative estimate of drug-likeness (QED) is 0.801. The van der Waals surface area contributed by atoms with Crippen LogP contribution in [0.15, 0.2) is 30.3 Å². The van der Waals surface area contributed by atoms with Crippen LogP contribution >= 0.6 is 0 Å². The van der Waals surface area contributed by atoms with Crippen molar-refractivity contribution in [2.24, 2.45) is 0 Å². The Balaban J connectivity index is 0.000000292. The fourth-order valence-electron chi connectivity index (χ4n) is 0.774. The van der Waals surface area contributed by atoms with E-state index in [0.29, 0.717) is 6.42 Å². The van der Waals surface area contributed by atoms with E-state index in [2.05, 4.69) is 0 Å². The van der Waals surface area contributed by atoms with Crippen molar-refractivity contribution in [3.63, 3.8) is 0 Å². The van der Waals surface area contributed by atoms with Crippen LogP contribution in [0.25, 0.3) is 0 Å². The summed E-state index contributed by atoms with van der Waals surface area (Å²) in [7, 11) is 0. The number of benzene rings is 1. The highest BCUT2D eigenvalue weighted by molar-refractivity contribution is 5.74. The molecule has 1 rings (SSSR count). The summed E-state index contributed by atoms with van der Waals surface area (Å²) < 4.78 is 0. The zero-order valence-corrected chi connectivity index (χ0v) is 8.86. The number of hydrogen-bond acceptors (Lipinski definition) is 2. The number of ketones is 1. The first-order valence-electron chi connectivity index (χ1n) is 4.85. The van der Waals surface area contributed by atoms with E-state index in [0.717, 1.165) is 6.42 Å². The molecule has 0 aromatic heterocycles. The molecule has 0 unspecified atom stereocenters. The molecule has 0 atom stereocenters. The number of carbonyl (C=O) groups is 1. The molecule has 1 aromatic rings. The first-order valence-corrected chi connectivity index (χ1v) is 4.85. The van der Waals surface area contributed by atoms with E-state index < -0.39 is 0 Å². The lowest BCUT2D eigenvalue weighted by atomic mass is 10.2. The van der Waals surface area contributed by atoms with E-state index >= 15 is 0 Å². The first-order chi connectivity index (χ1) is 6.70. The van der Waals surface area contributed by atoms with E-state index in [1.165, 1.54) is 5.56 Å². The summed E-state index contributed by atoms with van der Waals surface area (Å²) in [5.74, 6) is 0.255. The molecule has 0 fully saturated rings. The average molecular weight is 194 g/mol. The molecule has 14 heavy (non-hydrogen) atoms. The van der Waals surface area contributed by atoms with E-state index in [-0.39, 0.29) is 12.4 Å². The largest absolute Gasteiger partial charge is 0.396 e. The van der Waals surface area contributed by atoms with Crippen LogP contribution in [0.4, 0.5) is 0 Å². The van der Waals surface area contributed by atoms with Crippen LogP contribution in [0.3, 0.4) is 0 Å². The minimum Gasteiger partial charge on any atom is -0.396 e. The van der Waals surface area contributed by atoms with E-state index in [1.807, 2.05) is 37.3 Å². The van der Waals surface area contributed by atoms with Gasteiger partial charge in [-0.25, -0.2) is 0 Å². The van der Waals surface area contributed by atoms with Crippen molar-refractivity contribution >= 4 is 5.78 Å². The molecule has 0 aliphatic carbocycles. The predicted molar refractivity (Wildman–Crippen MR) is 58.2 cm³/mol. The van der Waals surface area contributed by atoms with Crippen LogP contribution in [0.2, 0.25) is 0 Å². The molecule has 0 heterocycles. The zero-order chi connectivity index (χ0) is 10.8. The standard InChI is InChI=1S/C8H10O.C4H8O/c9-7-6-8-4-2-1-3-5-8;1-3-4(2)5/h1-5,9H,6-7H2;3H2,1-2H3. The number of aliphatic hydroxyl groups is 1. The maximum atomic E-state index is 9.81. The van der Waals surface area contributed by atoms with Gasteiger partial charge in [-0.05, 0) is 18.9 Å². The van der Waals surface area contributed by atoms with Gasteiger partial charge in [0.05, 0.1) is 0 Å². The van der Waals surface area contributed by atoms with Crippen LogP contribution in [-0.4, -0.2) is 17.5 Å². The smallest absolute Gasteiger partial charge is 0.129 e. The van der Waals surface area contributed by atoms with Gasteiger partial charge in [-0.1, -0.05) is 37.3 Å². The highest BCUT2D eigenvalue weighted by Crippen LogP contribution is 1.97. The van der Waals surface area contributed by atoms with Crippen LogP contribution in [0, 0.1) is 0 Å². The predicted octanol–water partition coefficient (Wildman–Crippen LogP) is 2.21. The van der Waals surface area contributed by atoms with Gasteiger partial charge >= 0.3 is 0 Å². The monoisotopic (exact) mass is 194 g/mol. The molecule has 0 saturated heterocycles. The molecule has 2 heteroatoms. The summed E-state index contributed by atoms with van der Waals surface area (Å²) in [6.45, 7) is 3.67. The molecule has 1 N–H and O–H groups in total. The van der Waals surface area contributed by atoms with Crippen LogP contribution in [0.1, 0.15) is 25.8 Å². The van der Waals surface area contributed by atoms with Gasteiger partial charge in [-0.15, -0.1) is 0 Å². The van der Waals surface area contributed by atoms with Crippen molar-refractivity contribution in [3.8, 4) is 0 Å². The lowest BCUT2D eigenvalue weighted by molar-refractivity contribution is -0.116. The van der Waals surface area contributed by atoms with Gasteiger partial charge in [0.15, 0.2) is 0 Å². The molecule has 0 aliphatic heterocycles. The number of carbonyl (C=O) groups excluding carboxylic acids is 1. The summed E-state index contributed by atoms with van der Waals surface area (Å²) in [4.78, 5) is 9.81. The van der Waals surface area contributed by atoms with E-state index in [9.17, 15) is 4.79 Å². The first kappa shape index (κ1) is 12.8. The van der Waals surface area contributed by atoms with Gasteiger partial charge in [0.25, 0.3) is 0 Å². The second-order valence-corrected chi connectivity index (χ2v) is 3.01. The Morgan fingerprint density at radius 2 is 1.79 bits per heavy atom. The fraction of sp³-hybridized carbons (Fsp3) is 0.417. The molecule has 0 bridgehead atoms. The van der Waals surface area contributed by atoms with Gasteiger partial charge in [0.1, 0.15) is 5.78 Å². The van der Waals surface area contributed by atoms with Gasteiger partial charge < -0.3 is 9.90 Å². The molecule has 0 radical (unpaired) electrons. The number of rotatable bonds is 3. The fourth-order valence-corrected chi connectivity index (χ4v) is 0.774. The van der Waals surface area contributed by atoms with Crippen molar-refractivity contribution in [1.29, 1.82) is 0 Å². The SMILES string of the molecule is CCC(C)=O.OCCc1ccccc1. The Morgan fingerprint density at radius 1 is 1.29 bits per heavy atom.